The molecule has 1 amide bonds. The Morgan fingerprint density at radius 1 is 1.00 bits per heavy atom. The third-order valence-corrected chi connectivity index (χ3v) is 7.53. The van der Waals surface area contributed by atoms with E-state index >= 15 is 0 Å². The largest absolute Gasteiger partial charge is 0.496 e. The van der Waals surface area contributed by atoms with Crippen molar-refractivity contribution < 1.29 is 31.1 Å². The highest BCUT2D eigenvalue weighted by atomic mass is 32.2. The maximum Gasteiger partial charge on any atom is 0.416 e. The van der Waals surface area contributed by atoms with Crippen molar-refractivity contribution in [3.05, 3.63) is 95.1 Å². The molecule has 7 nitrogen and oxygen atoms in total. The molecule has 0 aromatic heterocycles. The average Bonchev–Trinajstić information content (AvgIpc) is 2.89. The van der Waals surface area contributed by atoms with Crippen LogP contribution in [0.5, 0.6) is 5.75 Å². The zero-order chi connectivity index (χ0) is 27.1. The molecule has 0 saturated heterocycles. The number of carbonyl (C=O) groups excluding carboxylic acids is 1. The number of halogens is 3. The minimum atomic E-state index is -4.72. The van der Waals surface area contributed by atoms with Gasteiger partial charge >= 0.3 is 6.18 Å². The van der Waals surface area contributed by atoms with Crippen molar-refractivity contribution in [1.82, 2.24) is 9.62 Å². The Labute approximate surface area is 214 Å². The molecular weight excluding hydrogens is 507 g/mol. The third-order valence-electron chi connectivity index (χ3n) is 5.69. The van der Waals surface area contributed by atoms with Gasteiger partial charge in [0.05, 0.1) is 24.1 Å². The minimum Gasteiger partial charge on any atom is -0.496 e. The number of alkyl halides is 3. The Bertz CT molecular complexity index is 1310. The summed E-state index contributed by atoms with van der Waals surface area (Å²) in [6.07, 6.45) is -4.54. The standard InChI is InChI=1S/C26H28F3N3O4S/c1-36-24-8-3-2-5-21(24)13-14-32(18-25(33)31-17-20-11-9-19(16-30)10-12-20)37(34,35)23-7-4-6-22(15-23)26(27,28)29/h2-12,15H,13-14,16-18,30H2,1H3,(H,31,33). The predicted molar refractivity (Wildman–Crippen MR) is 133 cm³/mol. The van der Waals surface area contributed by atoms with E-state index in [0.29, 0.717) is 23.9 Å². The number of hydrogen-bond acceptors (Lipinski definition) is 5. The number of carbonyl (C=O) groups is 1. The zero-order valence-corrected chi connectivity index (χ0v) is 21.0. The zero-order valence-electron chi connectivity index (χ0n) is 20.2. The fourth-order valence-electron chi connectivity index (χ4n) is 3.63. The summed E-state index contributed by atoms with van der Waals surface area (Å²) >= 11 is 0. The maximum atomic E-state index is 13.4. The predicted octanol–water partition coefficient (Wildman–Crippen LogP) is 3.72. The topological polar surface area (TPSA) is 102 Å². The van der Waals surface area contributed by atoms with Crippen LogP contribution in [0.1, 0.15) is 22.3 Å². The van der Waals surface area contributed by atoms with Crippen molar-refractivity contribution in [2.24, 2.45) is 5.73 Å². The lowest BCUT2D eigenvalue weighted by Gasteiger charge is -2.23. The van der Waals surface area contributed by atoms with Crippen LogP contribution < -0.4 is 15.8 Å². The van der Waals surface area contributed by atoms with Gasteiger partial charge in [-0.25, -0.2) is 8.42 Å². The smallest absolute Gasteiger partial charge is 0.416 e. The number of nitrogens with one attached hydrogen (secondary N) is 1. The normalized spacial score (nSPS) is 11.9. The molecule has 0 heterocycles. The van der Waals surface area contributed by atoms with E-state index in [1.165, 1.54) is 7.11 Å². The van der Waals surface area contributed by atoms with E-state index in [2.05, 4.69) is 5.32 Å². The summed E-state index contributed by atoms with van der Waals surface area (Å²) in [4.78, 5) is 12.2. The molecule has 0 aliphatic rings. The van der Waals surface area contributed by atoms with Gasteiger partial charge in [0.2, 0.25) is 15.9 Å². The van der Waals surface area contributed by atoms with E-state index in [4.69, 9.17) is 10.5 Å². The second kappa shape index (κ2) is 12.2. The Kier molecular flexibility index (Phi) is 9.30. The maximum absolute atomic E-state index is 13.4. The lowest BCUT2D eigenvalue weighted by Crippen LogP contribution is -2.41. The Hall–Kier alpha value is -3.41. The van der Waals surface area contributed by atoms with Gasteiger partial charge < -0.3 is 15.8 Å². The van der Waals surface area contributed by atoms with Crippen molar-refractivity contribution in [3.63, 3.8) is 0 Å². The van der Waals surface area contributed by atoms with Gasteiger partial charge in [0.1, 0.15) is 5.75 Å². The lowest BCUT2D eigenvalue weighted by atomic mass is 10.1. The molecule has 0 bridgehead atoms. The van der Waals surface area contributed by atoms with Crippen LogP contribution in [0.4, 0.5) is 13.2 Å². The van der Waals surface area contributed by atoms with E-state index in [0.717, 1.165) is 33.6 Å². The first kappa shape index (κ1) is 28.2. The third kappa shape index (κ3) is 7.54. The van der Waals surface area contributed by atoms with Crippen molar-refractivity contribution in [2.45, 2.75) is 30.6 Å². The number of nitrogens with two attached hydrogens (primary N) is 1. The van der Waals surface area contributed by atoms with E-state index < -0.39 is 39.1 Å². The summed E-state index contributed by atoms with van der Waals surface area (Å²) in [5, 5.41) is 2.67. The number of rotatable bonds is 11. The minimum absolute atomic E-state index is 0.146. The lowest BCUT2D eigenvalue weighted by molar-refractivity contribution is -0.137. The molecule has 0 saturated carbocycles. The summed E-state index contributed by atoms with van der Waals surface area (Å²) in [5.41, 5.74) is 6.89. The summed E-state index contributed by atoms with van der Waals surface area (Å²) in [5.74, 6) is -0.0669. The van der Waals surface area contributed by atoms with Gasteiger partial charge in [-0.15, -0.1) is 0 Å². The molecule has 0 atom stereocenters. The van der Waals surface area contributed by atoms with Crippen molar-refractivity contribution in [2.75, 3.05) is 20.2 Å². The molecule has 0 unspecified atom stereocenters. The molecule has 0 spiro atoms. The van der Waals surface area contributed by atoms with Crippen molar-refractivity contribution in [1.29, 1.82) is 0 Å². The highest BCUT2D eigenvalue weighted by molar-refractivity contribution is 7.89. The average molecular weight is 536 g/mol. The van der Waals surface area contributed by atoms with Gasteiger partial charge in [-0.1, -0.05) is 48.5 Å². The van der Waals surface area contributed by atoms with Gasteiger partial charge in [0.25, 0.3) is 0 Å². The SMILES string of the molecule is COc1ccccc1CCN(CC(=O)NCc1ccc(CN)cc1)S(=O)(=O)c1cccc(C(F)(F)F)c1. The van der Waals surface area contributed by atoms with Crippen molar-refractivity contribution >= 4 is 15.9 Å². The molecule has 3 aromatic rings. The van der Waals surface area contributed by atoms with Crippen LogP contribution in [0.25, 0.3) is 0 Å². The van der Waals surface area contributed by atoms with E-state index in [1.807, 2.05) is 12.1 Å². The molecule has 0 radical (unpaired) electrons. The fraction of sp³-hybridized carbons (Fsp3) is 0.269. The Balaban J connectivity index is 1.83. The molecule has 0 aliphatic carbocycles. The molecule has 3 rings (SSSR count). The second-order valence-electron chi connectivity index (χ2n) is 8.22. The number of nitrogens with zero attached hydrogens (tertiary/aromatic N) is 1. The number of para-hydroxylation sites is 1. The monoisotopic (exact) mass is 535 g/mol. The molecule has 198 valence electrons. The van der Waals surface area contributed by atoms with Crippen LogP contribution >= 0.6 is 0 Å². The highest BCUT2D eigenvalue weighted by Gasteiger charge is 2.33. The first-order chi connectivity index (χ1) is 17.5. The summed E-state index contributed by atoms with van der Waals surface area (Å²) < 4.78 is 72.7. The number of hydrogen-bond donors (Lipinski definition) is 2. The van der Waals surface area contributed by atoms with Crippen LogP contribution in [0.15, 0.2) is 77.7 Å². The molecule has 3 aromatic carbocycles. The van der Waals surface area contributed by atoms with E-state index in [-0.39, 0.29) is 19.5 Å². The number of amides is 1. The van der Waals surface area contributed by atoms with Crippen LogP contribution in [-0.2, 0) is 40.5 Å². The van der Waals surface area contributed by atoms with Gasteiger partial charge in [0.15, 0.2) is 0 Å². The molecule has 0 fully saturated rings. The second-order valence-corrected chi connectivity index (χ2v) is 10.2. The number of benzene rings is 3. The van der Waals surface area contributed by atoms with Crippen LogP contribution in [0.3, 0.4) is 0 Å². The molecule has 11 heteroatoms. The quantitative estimate of drug-likeness (QED) is 0.390. The molecule has 37 heavy (non-hydrogen) atoms. The summed E-state index contributed by atoms with van der Waals surface area (Å²) in [6.45, 7) is -0.207. The van der Waals surface area contributed by atoms with E-state index in [1.54, 1.807) is 36.4 Å². The van der Waals surface area contributed by atoms with Gasteiger partial charge in [-0.05, 0) is 47.4 Å². The highest BCUT2D eigenvalue weighted by Crippen LogP contribution is 2.31. The van der Waals surface area contributed by atoms with Crippen LogP contribution in [-0.4, -0.2) is 38.8 Å². The van der Waals surface area contributed by atoms with Gasteiger partial charge in [-0.2, -0.15) is 17.5 Å². The number of sulfonamides is 1. The van der Waals surface area contributed by atoms with Gasteiger partial charge in [-0.3, -0.25) is 4.79 Å². The molecular formula is C26H28F3N3O4S. The van der Waals surface area contributed by atoms with Crippen LogP contribution in [0, 0.1) is 0 Å². The number of ether oxygens (including phenoxy) is 1. The van der Waals surface area contributed by atoms with E-state index in [9.17, 15) is 26.4 Å². The molecule has 0 aliphatic heterocycles. The first-order valence-electron chi connectivity index (χ1n) is 11.4. The first-order valence-corrected chi connectivity index (χ1v) is 12.8. The molecule has 3 N–H and O–H groups in total. The Morgan fingerprint density at radius 3 is 2.32 bits per heavy atom. The number of methoxy groups -OCH3 is 1. The van der Waals surface area contributed by atoms with Crippen molar-refractivity contribution in [3.8, 4) is 5.75 Å². The van der Waals surface area contributed by atoms with Gasteiger partial charge in [0, 0.05) is 19.6 Å². The summed E-state index contributed by atoms with van der Waals surface area (Å²) in [6, 6.07) is 17.7. The summed E-state index contributed by atoms with van der Waals surface area (Å²) in [7, 11) is -2.97. The van der Waals surface area contributed by atoms with Crippen LogP contribution in [0.2, 0.25) is 0 Å². The Morgan fingerprint density at radius 2 is 1.68 bits per heavy atom. The fourth-order valence-corrected chi connectivity index (χ4v) is 5.07.